The Morgan fingerprint density at radius 3 is 0.909 bits per heavy atom. The minimum atomic E-state index is -1.44. The molecule has 4 heterocycles. The molecule has 192 valence electrons. The first-order valence-electron chi connectivity index (χ1n) is 10.8. The molecular weight excluding hydrogens is 450 g/mol. The number of aliphatic hydroxyl groups excluding tert-OH is 6. The number of ether oxygens (including phenoxy) is 6. The predicted octanol–water partition coefficient (Wildman–Crippen LogP) is -6.63. The van der Waals surface area contributed by atoms with Gasteiger partial charge in [-0.25, -0.2) is 0 Å². The highest BCUT2D eigenvalue weighted by atomic mass is 16.7. The van der Waals surface area contributed by atoms with Gasteiger partial charge in [0.15, 0.2) is 18.9 Å². The van der Waals surface area contributed by atoms with Gasteiger partial charge in [0.1, 0.15) is 54.9 Å². The van der Waals surface area contributed by atoms with Gasteiger partial charge >= 0.3 is 0 Å². The van der Waals surface area contributed by atoms with Gasteiger partial charge in [0.2, 0.25) is 0 Å². The van der Waals surface area contributed by atoms with Gasteiger partial charge in [-0.2, -0.15) is 0 Å². The lowest BCUT2D eigenvalue weighted by molar-refractivity contribution is -0.300. The van der Waals surface area contributed by atoms with E-state index in [1.54, 1.807) is 0 Å². The molecule has 4 fully saturated rings. The average Bonchev–Trinajstić information content (AvgIpc) is 2.80. The van der Waals surface area contributed by atoms with E-state index in [0.29, 0.717) is 0 Å². The highest BCUT2D eigenvalue weighted by Crippen LogP contribution is 2.28. The Labute approximate surface area is 188 Å². The van der Waals surface area contributed by atoms with Crippen LogP contribution in [0.15, 0.2) is 0 Å². The molecule has 33 heavy (non-hydrogen) atoms. The van der Waals surface area contributed by atoms with Crippen LogP contribution in [0, 0.1) is 0 Å². The molecule has 15 heteroatoms. The van der Waals surface area contributed by atoms with Crippen LogP contribution in [0.2, 0.25) is 0 Å². The largest absolute Gasteiger partial charge is 0.388 e. The molecule has 6 bridgehead atoms. The van der Waals surface area contributed by atoms with Gasteiger partial charge in [0.25, 0.3) is 0 Å². The van der Waals surface area contributed by atoms with Gasteiger partial charge < -0.3 is 76.3 Å². The molecule has 0 aromatic heterocycles. The molecule has 0 amide bonds. The Hall–Kier alpha value is -0.600. The van der Waals surface area contributed by atoms with Crippen molar-refractivity contribution in [3.8, 4) is 0 Å². The van der Waals surface area contributed by atoms with E-state index in [1.165, 1.54) is 0 Å². The summed E-state index contributed by atoms with van der Waals surface area (Å²) in [4.78, 5) is 0. The minimum Gasteiger partial charge on any atom is -0.388 e. The number of hydrogen-bond acceptors (Lipinski definition) is 15. The molecule has 4 rings (SSSR count). The van der Waals surface area contributed by atoms with E-state index in [1.807, 2.05) is 0 Å². The summed E-state index contributed by atoms with van der Waals surface area (Å²) < 4.78 is 33.8. The fourth-order valence-corrected chi connectivity index (χ4v) is 4.29. The molecule has 4 aliphatic rings. The molecule has 15 atom stereocenters. The van der Waals surface area contributed by atoms with Crippen LogP contribution >= 0.6 is 0 Å². The molecule has 0 aliphatic carbocycles. The smallest absolute Gasteiger partial charge is 0.175 e. The molecule has 15 nitrogen and oxygen atoms in total. The van der Waals surface area contributed by atoms with E-state index in [-0.39, 0.29) is 19.8 Å². The predicted molar refractivity (Wildman–Crippen MR) is 104 cm³/mol. The Bertz CT molecular complexity index is 532. The summed E-state index contributed by atoms with van der Waals surface area (Å²) in [7, 11) is 0. The maximum Gasteiger partial charge on any atom is 0.175 e. The lowest BCUT2D eigenvalue weighted by atomic mass is 9.97. The Morgan fingerprint density at radius 2 is 0.667 bits per heavy atom. The van der Waals surface area contributed by atoms with Crippen molar-refractivity contribution in [3.63, 3.8) is 0 Å². The highest BCUT2D eigenvalue weighted by molar-refractivity contribution is 4.96. The number of fused-ring (bicyclic) bond motifs is 6. The van der Waals surface area contributed by atoms with Crippen molar-refractivity contribution in [1.29, 1.82) is 0 Å². The Morgan fingerprint density at radius 1 is 0.424 bits per heavy atom. The molecule has 0 aromatic rings. The van der Waals surface area contributed by atoms with Crippen LogP contribution < -0.4 is 17.2 Å². The van der Waals surface area contributed by atoms with Crippen molar-refractivity contribution in [2.75, 3.05) is 19.8 Å². The molecule has 4 aliphatic heterocycles. The summed E-state index contributed by atoms with van der Waals surface area (Å²) in [5.74, 6) is 0. The first-order chi connectivity index (χ1) is 15.6. The fourth-order valence-electron chi connectivity index (χ4n) is 4.29. The molecule has 0 spiro atoms. The van der Waals surface area contributed by atoms with Crippen LogP contribution in [-0.2, 0) is 28.4 Å². The zero-order chi connectivity index (χ0) is 24.0. The lowest BCUT2D eigenvalue weighted by Crippen LogP contribution is -2.65. The van der Waals surface area contributed by atoms with Gasteiger partial charge in [-0.15, -0.1) is 0 Å². The van der Waals surface area contributed by atoms with Crippen LogP contribution in [0.5, 0.6) is 0 Å². The summed E-state index contributed by atoms with van der Waals surface area (Å²) in [6.07, 6.45) is -15.7. The lowest BCUT2D eigenvalue weighted by Gasteiger charge is -2.43. The molecule has 4 saturated heterocycles. The van der Waals surface area contributed by atoms with E-state index in [4.69, 9.17) is 45.6 Å². The first-order valence-corrected chi connectivity index (χ1v) is 10.8. The quantitative estimate of drug-likeness (QED) is 0.155. The zero-order valence-electron chi connectivity index (χ0n) is 17.6. The summed E-state index contributed by atoms with van der Waals surface area (Å²) in [5, 5.41) is 62.1. The number of rotatable bonds is 0. The van der Waals surface area contributed by atoms with Crippen molar-refractivity contribution in [2.45, 2.75) is 91.9 Å². The minimum absolute atomic E-state index is 0.325. The van der Waals surface area contributed by atoms with Crippen molar-refractivity contribution in [2.24, 2.45) is 17.2 Å². The van der Waals surface area contributed by atoms with Crippen LogP contribution in [0.4, 0.5) is 0 Å². The van der Waals surface area contributed by atoms with Gasteiger partial charge in [-0.3, -0.25) is 0 Å². The molecule has 0 unspecified atom stereocenters. The van der Waals surface area contributed by atoms with Gasteiger partial charge in [-0.05, 0) is 0 Å². The second-order valence-electron chi connectivity index (χ2n) is 8.80. The molecule has 0 aromatic carbocycles. The summed E-state index contributed by atoms with van der Waals surface area (Å²) in [5.41, 5.74) is 17.8. The van der Waals surface area contributed by atoms with Gasteiger partial charge in [0.05, 0.1) is 37.9 Å². The second-order valence-corrected chi connectivity index (χ2v) is 8.80. The third-order valence-electron chi connectivity index (χ3n) is 6.52. The monoisotopic (exact) mass is 483 g/mol. The van der Waals surface area contributed by atoms with E-state index >= 15 is 0 Å². The number of hydrogen-bond donors (Lipinski definition) is 9. The van der Waals surface area contributed by atoms with Gasteiger partial charge in [0, 0.05) is 0 Å². The van der Waals surface area contributed by atoms with Crippen LogP contribution in [-0.4, -0.2) is 142 Å². The Kier molecular flexibility index (Phi) is 7.86. The summed E-state index contributed by atoms with van der Waals surface area (Å²) >= 11 is 0. The molecule has 0 radical (unpaired) electrons. The van der Waals surface area contributed by atoms with Crippen molar-refractivity contribution >= 4 is 0 Å². The normalized spacial score (nSPS) is 56.5. The zero-order valence-corrected chi connectivity index (χ0v) is 17.6. The van der Waals surface area contributed by atoms with Crippen molar-refractivity contribution in [3.05, 3.63) is 0 Å². The van der Waals surface area contributed by atoms with Crippen molar-refractivity contribution < 1.29 is 59.1 Å². The van der Waals surface area contributed by atoms with Crippen LogP contribution in [0.1, 0.15) is 0 Å². The third-order valence-corrected chi connectivity index (χ3v) is 6.52. The van der Waals surface area contributed by atoms with E-state index < -0.39 is 91.9 Å². The maximum atomic E-state index is 10.4. The van der Waals surface area contributed by atoms with Crippen LogP contribution in [0.25, 0.3) is 0 Å². The van der Waals surface area contributed by atoms with Gasteiger partial charge in [-0.1, -0.05) is 0 Å². The van der Waals surface area contributed by atoms with E-state index in [0.717, 1.165) is 0 Å². The number of aliphatic hydroxyl groups is 6. The highest BCUT2D eigenvalue weighted by Gasteiger charge is 2.49. The Balaban J connectivity index is 1.59. The third kappa shape index (κ3) is 4.90. The van der Waals surface area contributed by atoms with E-state index in [9.17, 15) is 30.6 Å². The summed E-state index contributed by atoms with van der Waals surface area (Å²) in [6.45, 7) is -0.975. The summed E-state index contributed by atoms with van der Waals surface area (Å²) in [6, 6.07) is -3.45. The van der Waals surface area contributed by atoms with Crippen LogP contribution in [0.3, 0.4) is 0 Å². The molecule has 12 N–H and O–H groups in total. The standard InChI is InChI=1S/C18H33N3O12/c19-7-14(26)11(23)5-2-30-18-9(21)15(27)12(24)6(33-18)3-29-17-8(20)13(25)10(22)4(31-17)1-28-16(7)32-5/h4-18,22-27H,1-3,19-21H2/t4-,5-,6-,7-,8-,9-,10-,11-,12-,13-,14-,15-,16-,17-,18-/m1/s1. The van der Waals surface area contributed by atoms with E-state index in [2.05, 4.69) is 0 Å². The fraction of sp³-hybridized carbons (Fsp3) is 1.00. The molecular formula is C18H33N3O12. The SMILES string of the molecule is N[C@H]1[C@@H]2OC[C@H]3O[C@@H](OC[C@H]4O[C@@H](OC[C@@H](O2)[C@@H](O)[C@@H]1O)[C@H](N)[C@@H](O)[C@@H]4O)[C@H](N)[C@@H](O)[C@@H]3O. The molecule has 0 saturated carbocycles. The average molecular weight is 483 g/mol. The maximum absolute atomic E-state index is 10.4. The topological polar surface area (TPSA) is 255 Å². The number of nitrogens with two attached hydrogens (primary N) is 3. The first kappa shape index (κ1) is 25.5. The van der Waals surface area contributed by atoms with Crippen molar-refractivity contribution in [1.82, 2.24) is 0 Å². The second kappa shape index (κ2) is 10.2.